The first-order valence-electron chi connectivity index (χ1n) is 5.97. The molecule has 0 radical (unpaired) electrons. The maximum absolute atomic E-state index is 14.2. The molecule has 0 aromatic heterocycles. The van der Waals surface area contributed by atoms with E-state index < -0.39 is 0 Å². The summed E-state index contributed by atoms with van der Waals surface area (Å²) in [4.78, 5) is 2.03. The number of hydrogen-bond acceptors (Lipinski definition) is 3. The number of nitriles is 1. The molecule has 2 rings (SSSR count). The molecule has 0 spiro atoms. The van der Waals surface area contributed by atoms with Crippen molar-refractivity contribution >= 4 is 21.6 Å². The zero-order valence-electron chi connectivity index (χ0n) is 10.2. The topological polar surface area (TPSA) is 39.1 Å². The number of halogens is 2. The molecule has 1 saturated heterocycles. The van der Waals surface area contributed by atoms with Crippen LogP contribution in [-0.4, -0.2) is 26.2 Å². The van der Waals surface area contributed by atoms with Gasteiger partial charge in [-0.3, -0.25) is 0 Å². The Balaban J connectivity index is 2.29. The van der Waals surface area contributed by atoms with Gasteiger partial charge in [-0.15, -0.1) is 0 Å². The third-order valence-corrected chi connectivity index (χ3v) is 4.13. The van der Waals surface area contributed by atoms with E-state index >= 15 is 0 Å². The van der Waals surface area contributed by atoms with Crippen molar-refractivity contribution in [2.75, 3.05) is 25.0 Å². The molecule has 0 saturated carbocycles. The summed E-state index contributed by atoms with van der Waals surface area (Å²) < 4.78 is 14.5. The van der Waals surface area contributed by atoms with E-state index in [4.69, 9.17) is 5.26 Å². The van der Waals surface area contributed by atoms with Crippen molar-refractivity contribution in [3.63, 3.8) is 0 Å². The van der Waals surface area contributed by atoms with Gasteiger partial charge < -0.3 is 10.2 Å². The SMILES string of the molecule is CNC1CCCN(c2ccc(C#N)c(Br)c2F)C1. The minimum absolute atomic E-state index is 0.258. The molecule has 96 valence electrons. The fourth-order valence-corrected chi connectivity index (χ4v) is 2.73. The second-order valence-electron chi connectivity index (χ2n) is 4.45. The minimum atomic E-state index is -0.342. The lowest BCUT2D eigenvalue weighted by Gasteiger charge is -2.34. The maximum atomic E-state index is 14.2. The molecule has 1 aromatic rings. The van der Waals surface area contributed by atoms with Gasteiger partial charge in [0.2, 0.25) is 0 Å². The smallest absolute Gasteiger partial charge is 0.161 e. The van der Waals surface area contributed by atoms with Gasteiger partial charge in [0.1, 0.15) is 6.07 Å². The summed E-state index contributed by atoms with van der Waals surface area (Å²) in [6, 6.07) is 5.71. The molecule has 1 aliphatic heterocycles. The largest absolute Gasteiger partial charge is 0.368 e. The van der Waals surface area contributed by atoms with E-state index in [2.05, 4.69) is 21.2 Å². The first kappa shape index (κ1) is 13.3. The number of nitrogens with zero attached hydrogens (tertiary/aromatic N) is 2. The minimum Gasteiger partial charge on any atom is -0.368 e. The molecule has 0 bridgehead atoms. The normalized spacial score (nSPS) is 19.7. The van der Waals surface area contributed by atoms with Crippen LogP contribution in [0.5, 0.6) is 0 Å². The van der Waals surface area contributed by atoms with E-state index in [0.717, 1.165) is 25.9 Å². The number of piperidine rings is 1. The second kappa shape index (κ2) is 5.68. The third-order valence-electron chi connectivity index (χ3n) is 3.35. The Morgan fingerprint density at radius 3 is 3.00 bits per heavy atom. The Morgan fingerprint density at radius 1 is 1.56 bits per heavy atom. The van der Waals surface area contributed by atoms with Gasteiger partial charge >= 0.3 is 0 Å². The molecule has 0 amide bonds. The van der Waals surface area contributed by atoms with E-state index in [9.17, 15) is 4.39 Å². The Morgan fingerprint density at radius 2 is 2.33 bits per heavy atom. The fraction of sp³-hybridized carbons (Fsp3) is 0.462. The van der Waals surface area contributed by atoms with Crippen LogP contribution < -0.4 is 10.2 Å². The van der Waals surface area contributed by atoms with Gasteiger partial charge in [-0.25, -0.2) is 4.39 Å². The highest BCUT2D eigenvalue weighted by Gasteiger charge is 2.22. The molecule has 18 heavy (non-hydrogen) atoms. The summed E-state index contributed by atoms with van der Waals surface area (Å²) in [6.45, 7) is 1.65. The highest BCUT2D eigenvalue weighted by Crippen LogP contribution is 2.30. The number of benzene rings is 1. The summed E-state index contributed by atoms with van der Waals surface area (Å²) in [5.41, 5.74) is 0.902. The quantitative estimate of drug-likeness (QED) is 0.912. The van der Waals surface area contributed by atoms with E-state index in [-0.39, 0.29) is 10.3 Å². The lowest BCUT2D eigenvalue weighted by molar-refractivity contribution is 0.445. The lowest BCUT2D eigenvalue weighted by Crippen LogP contribution is -2.44. The number of rotatable bonds is 2. The summed E-state index contributed by atoms with van der Waals surface area (Å²) >= 11 is 3.15. The average Bonchev–Trinajstić information content (AvgIpc) is 2.42. The number of hydrogen-bond donors (Lipinski definition) is 1. The first-order chi connectivity index (χ1) is 8.67. The molecule has 1 fully saturated rings. The molecule has 1 aliphatic rings. The van der Waals surface area contributed by atoms with Crippen molar-refractivity contribution in [3.8, 4) is 6.07 Å². The van der Waals surface area contributed by atoms with Crippen molar-refractivity contribution in [2.45, 2.75) is 18.9 Å². The number of nitrogens with one attached hydrogen (secondary N) is 1. The highest BCUT2D eigenvalue weighted by molar-refractivity contribution is 9.10. The summed E-state index contributed by atoms with van der Waals surface area (Å²) in [5, 5.41) is 12.1. The van der Waals surface area contributed by atoms with E-state index in [1.165, 1.54) is 0 Å². The van der Waals surface area contributed by atoms with Gasteiger partial charge in [0.05, 0.1) is 15.7 Å². The van der Waals surface area contributed by atoms with Crippen LogP contribution in [0, 0.1) is 17.1 Å². The van der Waals surface area contributed by atoms with Crippen LogP contribution in [0.2, 0.25) is 0 Å². The standard InChI is InChI=1S/C13H15BrFN3/c1-17-10-3-2-6-18(8-10)11-5-4-9(7-16)12(14)13(11)15/h4-5,10,17H,2-3,6,8H2,1H3. The molecule has 5 heteroatoms. The van der Waals surface area contributed by atoms with Crippen LogP contribution in [0.25, 0.3) is 0 Å². The van der Waals surface area contributed by atoms with Crippen LogP contribution in [0.15, 0.2) is 16.6 Å². The fourth-order valence-electron chi connectivity index (χ4n) is 2.30. The zero-order chi connectivity index (χ0) is 13.1. The van der Waals surface area contributed by atoms with Gasteiger partial charge in [0.15, 0.2) is 5.82 Å². The molecular formula is C13H15BrFN3. The molecule has 0 aliphatic carbocycles. The molecule has 1 unspecified atom stereocenters. The van der Waals surface area contributed by atoms with Crippen molar-refractivity contribution in [3.05, 3.63) is 28.0 Å². The number of anilines is 1. The Kier molecular flexibility index (Phi) is 4.20. The van der Waals surface area contributed by atoms with Gasteiger partial charge in [0, 0.05) is 19.1 Å². The van der Waals surface area contributed by atoms with Gasteiger partial charge in [0.25, 0.3) is 0 Å². The Hall–Kier alpha value is -1.12. The van der Waals surface area contributed by atoms with Crippen molar-refractivity contribution in [1.82, 2.24) is 5.32 Å². The van der Waals surface area contributed by atoms with Crippen molar-refractivity contribution in [2.24, 2.45) is 0 Å². The monoisotopic (exact) mass is 311 g/mol. The second-order valence-corrected chi connectivity index (χ2v) is 5.24. The van der Waals surface area contributed by atoms with Gasteiger partial charge in [-0.2, -0.15) is 5.26 Å². The lowest BCUT2D eigenvalue weighted by atomic mass is 10.0. The Bertz CT molecular complexity index is 484. The van der Waals surface area contributed by atoms with Crippen LogP contribution in [0.4, 0.5) is 10.1 Å². The summed E-state index contributed by atoms with van der Waals surface area (Å²) in [5.74, 6) is -0.342. The van der Waals surface area contributed by atoms with E-state index in [1.54, 1.807) is 12.1 Å². The molecule has 1 N–H and O–H groups in total. The number of likely N-dealkylation sites (N-methyl/N-ethyl adjacent to an activating group) is 1. The molecule has 1 atom stereocenters. The van der Waals surface area contributed by atoms with Gasteiger partial charge in [-0.05, 0) is 48.0 Å². The van der Waals surface area contributed by atoms with Crippen LogP contribution in [-0.2, 0) is 0 Å². The van der Waals surface area contributed by atoms with Crippen molar-refractivity contribution in [1.29, 1.82) is 5.26 Å². The van der Waals surface area contributed by atoms with Crippen LogP contribution >= 0.6 is 15.9 Å². The third kappa shape index (κ3) is 2.50. The predicted molar refractivity (Wildman–Crippen MR) is 73.1 cm³/mol. The maximum Gasteiger partial charge on any atom is 0.161 e. The molecular weight excluding hydrogens is 297 g/mol. The summed E-state index contributed by atoms with van der Waals surface area (Å²) in [6.07, 6.45) is 2.16. The molecule has 1 aromatic carbocycles. The molecule has 3 nitrogen and oxygen atoms in total. The van der Waals surface area contributed by atoms with Crippen LogP contribution in [0.1, 0.15) is 18.4 Å². The van der Waals surface area contributed by atoms with E-state index in [1.807, 2.05) is 18.0 Å². The first-order valence-corrected chi connectivity index (χ1v) is 6.77. The van der Waals surface area contributed by atoms with Crippen LogP contribution in [0.3, 0.4) is 0 Å². The summed E-state index contributed by atoms with van der Waals surface area (Å²) in [7, 11) is 1.93. The zero-order valence-corrected chi connectivity index (χ0v) is 11.8. The predicted octanol–water partition coefficient (Wildman–Crippen LogP) is 2.65. The Labute approximate surface area is 115 Å². The van der Waals surface area contributed by atoms with E-state index in [0.29, 0.717) is 17.3 Å². The van der Waals surface area contributed by atoms with Gasteiger partial charge in [-0.1, -0.05) is 0 Å². The highest BCUT2D eigenvalue weighted by atomic mass is 79.9. The molecule has 1 heterocycles. The average molecular weight is 312 g/mol. The van der Waals surface area contributed by atoms with Crippen molar-refractivity contribution < 1.29 is 4.39 Å².